The zero-order valence-electron chi connectivity index (χ0n) is 8.46. The van der Waals surface area contributed by atoms with E-state index in [-0.39, 0.29) is 6.42 Å². The third kappa shape index (κ3) is 2.12. The zero-order valence-corrected chi connectivity index (χ0v) is 8.46. The first-order chi connectivity index (χ1) is 7.01. The van der Waals surface area contributed by atoms with Gasteiger partial charge in [0.2, 0.25) is 0 Å². The minimum Gasteiger partial charge on any atom is -0.481 e. The van der Waals surface area contributed by atoms with E-state index in [9.17, 15) is 13.6 Å². The summed E-state index contributed by atoms with van der Waals surface area (Å²) in [6, 6.07) is 0. The molecule has 2 fully saturated rings. The van der Waals surface area contributed by atoms with Crippen molar-refractivity contribution in [1.29, 1.82) is 0 Å². The van der Waals surface area contributed by atoms with Gasteiger partial charge in [-0.25, -0.2) is 8.78 Å². The normalized spacial score (nSPS) is 32.7. The number of hydrogen-bond acceptors (Lipinski definition) is 2. The van der Waals surface area contributed by atoms with Crippen LogP contribution in [0.15, 0.2) is 0 Å². The monoisotopic (exact) mass is 219 g/mol. The van der Waals surface area contributed by atoms with Gasteiger partial charge in [-0.2, -0.15) is 0 Å². The van der Waals surface area contributed by atoms with Crippen molar-refractivity contribution >= 4 is 5.97 Å². The standard InChI is InChI=1S/C10H15F2NO2/c11-10(12)7-5-13(6-8(7)10)4-2-1-3-9(14)15/h7-8H,1-6H2,(H,14,15). The molecule has 5 heteroatoms. The zero-order chi connectivity index (χ0) is 11.1. The van der Waals surface area contributed by atoms with Crippen LogP contribution >= 0.6 is 0 Å². The first-order valence-corrected chi connectivity index (χ1v) is 5.34. The largest absolute Gasteiger partial charge is 0.481 e. The fraction of sp³-hybridized carbons (Fsp3) is 0.900. The average molecular weight is 219 g/mol. The minimum absolute atomic E-state index is 0.177. The predicted molar refractivity (Wildman–Crippen MR) is 49.9 cm³/mol. The number of unbranched alkanes of at least 4 members (excludes halogenated alkanes) is 1. The molecule has 0 bridgehead atoms. The number of piperidine rings is 1. The minimum atomic E-state index is -2.41. The fourth-order valence-electron chi connectivity index (χ4n) is 2.38. The Bertz CT molecular complexity index is 256. The maximum absolute atomic E-state index is 12.8. The molecule has 0 aromatic rings. The lowest BCUT2D eigenvalue weighted by Gasteiger charge is -2.18. The second-order valence-electron chi connectivity index (χ2n) is 4.50. The highest BCUT2D eigenvalue weighted by atomic mass is 19.3. The van der Waals surface area contributed by atoms with Gasteiger partial charge in [-0.3, -0.25) is 4.79 Å². The number of carbonyl (C=O) groups is 1. The van der Waals surface area contributed by atoms with Gasteiger partial charge in [0.15, 0.2) is 0 Å². The second kappa shape index (κ2) is 3.70. The van der Waals surface area contributed by atoms with Crippen LogP contribution in [0.3, 0.4) is 0 Å². The number of aliphatic carboxylic acids is 1. The van der Waals surface area contributed by atoms with Crippen molar-refractivity contribution in [3.05, 3.63) is 0 Å². The molecule has 1 saturated carbocycles. The lowest BCUT2D eigenvalue weighted by Crippen LogP contribution is -2.28. The van der Waals surface area contributed by atoms with Crippen LogP contribution in [0, 0.1) is 11.8 Å². The highest BCUT2D eigenvalue weighted by molar-refractivity contribution is 5.66. The van der Waals surface area contributed by atoms with E-state index >= 15 is 0 Å². The van der Waals surface area contributed by atoms with E-state index in [0.717, 1.165) is 13.0 Å². The fourth-order valence-corrected chi connectivity index (χ4v) is 2.38. The van der Waals surface area contributed by atoms with Gasteiger partial charge >= 0.3 is 5.97 Å². The summed E-state index contributed by atoms with van der Waals surface area (Å²) < 4.78 is 25.6. The van der Waals surface area contributed by atoms with Gasteiger partial charge in [-0.15, -0.1) is 0 Å². The van der Waals surface area contributed by atoms with Gasteiger partial charge in [0.1, 0.15) is 0 Å². The van der Waals surface area contributed by atoms with E-state index in [1.54, 1.807) is 0 Å². The lowest BCUT2D eigenvalue weighted by atomic mass is 10.2. The van der Waals surface area contributed by atoms with Crippen LogP contribution in [0.4, 0.5) is 8.78 Å². The van der Waals surface area contributed by atoms with Gasteiger partial charge in [-0.05, 0) is 19.4 Å². The molecule has 2 rings (SSSR count). The average Bonchev–Trinajstić information content (AvgIpc) is 2.56. The topological polar surface area (TPSA) is 40.5 Å². The Kier molecular flexibility index (Phi) is 2.66. The molecule has 1 N–H and O–H groups in total. The SMILES string of the molecule is O=C(O)CCCCN1CC2C(C1)C2(F)F. The summed E-state index contributed by atoms with van der Waals surface area (Å²) in [6.45, 7) is 1.74. The molecule has 0 spiro atoms. The van der Waals surface area contributed by atoms with Crippen LogP contribution in [0.2, 0.25) is 0 Å². The van der Waals surface area contributed by atoms with Gasteiger partial charge < -0.3 is 10.0 Å². The third-order valence-electron chi connectivity index (χ3n) is 3.39. The smallest absolute Gasteiger partial charge is 0.303 e. The van der Waals surface area contributed by atoms with Crippen molar-refractivity contribution in [2.45, 2.75) is 25.2 Å². The molecule has 1 saturated heterocycles. The Labute approximate surface area is 87.1 Å². The van der Waals surface area contributed by atoms with Crippen molar-refractivity contribution in [2.75, 3.05) is 19.6 Å². The number of fused-ring (bicyclic) bond motifs is 1. The summed E-state index contributed by atoms with van der Waals surface area (Å²) in [6.07, 6.45) is 1.60. The number of likely N-dealkylation sites (tertiary alicyclic amines) is 1. The summed E-state index contributed by atoms with van der Waals surface area (Å²) >= 11 is 0. The molecule has 1 aliphatic heterocycles. The van der Waals surface area contributed by atoms with Gasteiger partial charge in [-0.1, -0.05) is 0 Å². The van der Waals surface area contributed by atoms with E-state index in [4.69, 9.17) is 5.11 Å². The van der Waals surface area contributed by atoms with Crippen molar-refractivity contribution < 1.29 is 18.7 Å². The maximum atomic E-state index is 12.8. The van der Waals surface area contributed by atoms with E-state index in [1.165, 1.54) is 0 Å². The number of alkyl halides is 2. The van der Waals surface area contributed by atoms with E-state index < -0.39 is 23.7 Å². The number of nitrogens with zero attached hydrogens (tertiary/aromatic N) is 1. The molecule has 0 aromatic carbocycles. The molecule has 15 heavy (non-hydrogen) atoms. The van der Waals surface area contributed by atoms with Crippen LogP contribution in [0.1, 0.15) is 19.3 Å². The molecule has 86 valence electrons. The molecule has 2 unspecified atom stereocenters. The van der Waals surface area contributed by atoms with Crippen LogP contribution in [0.25, 0.3) is 0 Å². The van der Waals surface area contributed by atoms with Crippen LogP contribution in [-0.4, -0.2) is 41.5 Å². The number of carboxylic acids is 1. The number of hydrogen-bond donors (Lipinski definition) is 1. The summed E-state index contributed by atoms with van der Waals surface area (Å²) in [5.41, 5.74) is 0. The molecule has 1 aliphatic carbocycles. The van der Waals surface area contributed by atoms with Gasteiger partial charge in [0.25, 0.3) is 5.92 Å². The second-order valence-corrected chi connectivity index (χ2v) is 4.50. The van der Waals surface area contributed by atoms with Crippen LogP contribution in [-0.2, 0) is 4.79 Å². The van der Waals surface area contributed by atoms with Crippen molar-refractivity contribution in [1.82, 2.24) is 4.90 Å². The molecule has 2 aliphatic rings. The first-order valence-electron chi connectivity index (χ1n) is 5.34. The molecule has 3 nitrogen and oxygen atoms in total. The van der Waals surface area contributed by atoms with E-state index in [2.05, 4.69) is 0 Å². The molecule has 0 radical (unpaired) electrons. The summed E-state index contributed by atoms with van der Waals surface area (Å²) in [5, 5.41) is 8.41. The Morgan fingerprint density at radius 1 is 1.33 bits per heavy atom. The molecule has 2 atom stereocenters. The number of carboxylic acid groups (broad SMARTS) is 1. The van der Waals surface area contributed by atoms with Gasteiger partial charge in [0, 0.05) is 31.3 Å². The van der Waals surface area contributed by atoms with E-state index in [1.807, 2.05) is 4.90 Å². The van der Waals surface area contributed by atoms with E-state index in [0.29, 0.717) is 19.5 Å². The van der Waals surface area contributed by atoms with Crippen LogP contribution < -0.4 is 0 Å². The van der Waals surface area contributed by atoms with Crippen LogP contribution in [0.5, 0.6) is 0 Å². The van der Waals surface area contributed by atoms with Crippen molar-refractivity contribution in [3.8, 4) is 0 Å². The van der Waals surface area contributed by atoms with Crippen molar-refractivity contribution in [2.24, 2.45) is 11.8 Å². The third-order valence-corrected chi connectivity index (χ3v) is 3.39. The Morgan fingerprint density at radius 2 is 1.93 bits per heavy atom. The highest BCUT2D eigenvalue weighted by Crippen LogP contribution is 2.59. The van der Waals surface area contributed by atoms with Gasteiger partial charge in [0.05, 0.1) is 0 Å². The maximum Gasteiger partial charge on any atom is 0.303 e. The molecular formula is C10H15F2NO2. The molecule has 0 aromatic heterocycles. The highest BCUT2D eigenvalue weighted by Gasteiger charge is 2.71. The molecular weight excluding hydrogens is 204 g/mol. The number of rotatable bonds is 5. The summed E-state index contributed by atoms with van der Waals surface area (Å²) in [5.74, 6) is -4.03. The predicted octanol–water partition coefficient (Wildman–Crippen LogP) is 1.44. The Morgan fingerprint density at radius 3 is 2.47 bits per heavy atom. The Balaban J connectivity index is 1.58. The summed E-state index contributed by atoms with van der Waals surface area (Å²) in [7, 11) is 0. The molecule has 0 amide bonds. The summed E-state index contributed by atoms with van der Waals surface area (Å²) in [4.78, 5) is 12.2. The van der Waals surface area contributed by atoms with Crippen molar-refractivity contribution in [3.63, 3.8) is 0 Å². The first kappa shape index (κ1) is 10.8. The Hall–Kier alpha value is -0.710. The lowest BCUT2D eigenvalue weighted by molar-refractivity contribution is -0.137. The quantitative estimate of drug-likeness (QED) is 0.711. The molecule has 1 heterocycles. The number of halogens is 2.